The molecule has 6 nitrogen and oxygen atoms in total. The van der Waals surface area contributed by atoms with Gasteiger partial charge in [-0.3, -0.25) is 4.79 Å². The first kappa shape index (κ1) is 26.2. The third-order valence-corrected chi connectivity index (χ3v) is 5.98. The molecule has 0 aromatic heterocycles. The van der Waals surface area contributed by atoms with Crippen LogP contribution in [0.3, 0.4) is 0 Å². The van der Waals surface area contributed by atoms with Crippen LogP contribution in [0.5, 0.6) is 0 Å². The third kappa shape index (κ3) is 11.5. The molecule has 1 unspecified atom stereocenters. The van der Waals surface area contributed by atoms with E-state index in [0.717, 1.165) is 50.8 Å². The van der Waals surface area contributed by atoms with E-state index >= 15 is 0 Å². The molecular weight excluding hydrogens is 406 g/mol. The number of benzene rings is 1. The molecule has 0 bridgehead atoms. The number of likely N-dealkylation sites (tertiary alicyclic amines) is 1. The number of carbonyl (C=O) groups excluding carboxylic acids is 2. The zero-order chi connectivity index (χ0) is 23.0. The monoisotopic (exact) mass is 447 g/mol. The second kappa shape index (κ2) is 15.7. The van der Waals surface area contributed by atoms with Gasteiger partial charge in [-0.05, 0) is 44.7 Å². The summed E-state index contributed by atoms with van der Waals surface area (Å²) in [4.78, 5) is 26.8. The highest BCUT2D eigenvalue weighted by Gasteiger charge is 2.23. The maximum Gasteiger partial charge on any atom is 0.508 e. The van der Waals surface area contributed by atoms with E-state index in [0.29, 0.717) is 6.42 Å². The second-order valence-electron chi connectivity index (χ2n) is 8.85. The largest absolute Gasteiger partial charge is 0.508 e. The number of carbonyl (C=O) groups is 2. The van der Waals surface area contributed by atoms with Crippen LogP contribution >= 0.6 is 0 Å². The Labute approximate surface area is 193 Å². The smallest absolute Gasteiger partial charge is 0.461 e. The van der Waals surface area contributed by atoms with Crippen LogP contribution in [0.4, 0.5) is 4.79 Å². The first-order valence-electron chi connectivity index (χ1n) is 12.3. The highest BCUT2D eigenvalue weighted by molar-refractivity contribution is 5.69. The highest BCUT2D eigenvalue weighted by atomic mass is 16.7. The van der Waals surface area contributed by atoms with Crippen molar-refractivity contribution in [3.8, 4) is 0 Å². The van der Waals surface area contributed by atoms with Gasteiger partial charge in [0, 0.05) is 19.5 Å². The van der Waals surface area contributed by atoms with Crippen LogP contribution in [0.2, 0.25) is 0 Å². The SMILES string of the molecule is CCCCCCCCC(CCC(=O)OCc1ccccc1)OC(=O)OC1CCN(C)CC1. The molecule has 0 aliphatic carbocycles. The van der Waals surface area contributed by atoms with E-state index < -0.39 is 6.16 Å². The first-order valence-corrected chi connectivity index (χ1v) is 12.3. The lowest BCUT2D eigenvalue weighted by Gasteiger charge is -2.28. The van der Waals surface area contributed by atoms with Crippen molar-refractivity contribution in [1.29, 1.82) is 0 Å². The molecule has 1 heterocycles. The molecule has 0 spiro atoms. The standard InChI is InChI=1S/C26H41NO5/c1-3-4-5-6-7-11-14-23(31-26(29)32-24-17-19-27(2)20-18-24)15-16-25(28)30-21-22-12-9-8-10-13-22/h8-10,12-13,23-24H,3-7,11,14-21H2,1-2H3. The number of rotatable bonds is 14. The lowest BCUT2D eigenvalue weighted by Crippen LogP contribution is -2.36. The van der Waals surface area contributed by atoms with Crippen molar-refractivity contribution < 1.29 is 23.8 Å². The van der Waals surface area contributed by atoms with E-state index in [2.05, 4.69) is 18.9 Å². The molecule has 1 atom stereocenters. The van der Waals surface area contributed by atoms with Crippen LogP contribution in [0.25, 0.3) is 0 Å². The van der Waals surface area contributed by atoms with E-state index in [9.17, 15) is 9.59 Å². The summed E-state index contributed by atoms with van der Waals surface area (Å²) in [5.74, 6) is -0.269. The molecule has 1 saturated heterocycles. The minimum Gasteiger partial charge on any atom is -0.461 e. The van der Waals surface area contributed by atoms with Crippen molar-refractivity contribution in [2.75, 3.05) is 20.1 Å². The van der Waals surface area contributed by atoms with Gasteiger partial charge in [-0.1, -0.05) is 69.4 Å². The van der Waals surface area contributed by atoms with Gasteiger partial charge in [-0.2, -0.15) is 0 Å². The van der Waals surface area contributed by atoms with Crippen LogP contribution in [-0.4, -0.2) is 49.4 Å². The molecule has 180 valence electrons. The number of ether oxygens (including phenoxy) is 3. The Hall–Kier alpha value is -2.08. The molecule has 0 N–H and O–H groups in total. The van der Waals surface area contributed by atoms with Crippen LogP contribution in [0.15, 0.2) is 30.3 Å². The molecule has 0 saturated carbocycles. The van der Waals surface area contributed by atoms with Crippen LogP contribution in [0.1, 0.15) is 83.1 Å². The second-order valence-corrected chi connectivity index (χ2v) is 8.85. The molecular formula is C26H41NO5. The summed E-state index contributed by atoms with van der Waals surface area (Å²) in [7, 11) is 2.07. The Balaban J connectivity index is 1.74. The van der Waals surface area contributed by atoms with Crippen molar-refractivity contribution in [2.24, 2.45) is 0 Å². The van der Waals surface area contributed by atoms with Crippen LogP contribution in [0, 0.1) is 0 Å². The average molecular weight is 448 g/mol. The maximum absolute atomic E-state index is 12.4. The molecule has 2 rings (SSSR count). The van der Waals surface area contributed by atoms with Gasteiger partial charge in [0.25, 0.3) is 0 Å². The normalized spacial score (nSPS) is 15.8. The quantitative estimate of drug-likeness (QED) is 0.262. The lowest BCUT2D eigenvalue weighted by molar-refractivity contribution is -0.145. The molecule has 1 aromatic rings. The first-order chi connectivity index (χ1) is 15.6. The molecule has 1 aliphatic heterocycles. The van der Waals surface area contributed by atoms with Gasteiger partial charge in [0.15, 0.2) is 0 Å². The molecule has 1 aliphatic rings. The summed E-state index contributed by atoms with van der Waals surface area (Å²) >= 11 is 0. The van der Waals surface area contributed by atoms with E-state index in [1.807, 2.05) is 30.3 Å². The fourth-order valence-corrected chi connectivity index (χ4v) is 3.91. The van der Waals surface area contributed by atoms with Crippen molar-refractivity contribution in [3.05, 3.63) is 35.9 Å². The molecule has 32 heavy (non-hydrogen) atoms. The fourth-order valence-electron chi connectivity index (χ4n) is 3.91. The van der Waals surface area contributed by atoms with Crippen molar-refractivity contribution >= 4 is 12.1 Å². The summed E-state index contributed by atoms with van der Waals surface area (Å²) in [6.45, 7) is 4.32. The Morgan fingerprint density at radius 2 is 1.69 bits per heavy atom. The van der Waals surface area contributed by atoms with Gasteiger partial charge in [0.2, 0.25) is 0 Å². The third-order valence-electron chi connectivity index (χ3n) is 5.98. The van der Waals surface area contributed by atoms with Gasteiger partial charge in [0.1, 0.15) is 18.8 Å². The van der Waals surface area contributed by atoms with E-state index in [4.69, 9.17) is 14.2 Å². The number of nitrogens with zero attached hydrogens (tertiary/aromatic N) is 1. The Morgan fingerprint density at radius 1 is 1.00 bits per heavy atom. The molecule has 1 fully saturated rings. The number of esters is 1. The van der Waals surface area contributed by atoms with E-state index in [1.54, 1.807) is 0 Å². The van der Waals surface area contributed by atoms with Crippen molar-refractivity contribution in [1.82, 2.24) is 4.90 Å². The van der Waals surface area contributed by atoms with E-state index in [-0.39, 0.29) is 31.2 Å². The summed E-state index contributed by atoms with van der Waals surface area (Å²) < 4.78 is 16.5. The Bertz CT molecular complexity index is 643. The Morgan fingerprint density at radius 3 is 2.41 bits per heavy atom. The van der Waals surface area contributed by atoms with Crippen LogP contribution < -0.4 is 0 Å². The number of piperidine rings is 1. The van der Waals surface area contributed by atoms with Crippen LogP contribution in [-0.2, 0) is 25.6 Å². The zero-order valence-electron chi connectivity index (χ0n) is 19.9. The molecule has 6 heteroatoms. The molecule has 0 radical (unpaired) electrons. The van der Waals surface area contributed by atoms with Gasteiger partial charge in [0.05, 0.1) is 0 Å². The zero-order valence-corrected chi connectivity index (χ0v) is 19.9. The highest BCUT2D eigenvalue weighted by Crippen LogP contribution is 2.18. The Kier molecular flexibility index (Phi) is 12.8. The number of hydrogen-bond donors (Lipinski definition) is 0. The van der Waals surface area contributed by atoms with Crippen molar-refractivity contribution in [2.45, 2.75) is 96.4 Å². The van der Waals surface area contributed by atoms with E-state index in [1.165, 1.54) is 25.7 Å². The summed E-state index contributed by atoms with van der Waals surface area (Å²) in [5, 5.41) is 0. The predicted molar refractivity (Wildman–Crippen MR) is 125 cm³/mol. The maximum atomic E-state index is 12.4. The number of hydrogen-bond acceptors (Lipinski definition) is 6. The molecule has 1 aromatic carbocycles. The fraction of sp³-hybridized carbons (Fsp3) is 0.692. The molecule has 0 amide bonds. The van der Waals surface area contributed by atoms with Crippen molar-refractivity contribution in [3.63, 3.8) is 0 Å². The number of unbranched alkanes of at least 4 members (excludes halogenated alkanes) is 5. The summed E-state index contributed by atoms with van der Waals surface area (Å²) in [5.41, 5.74) is 0.961. The minimum atomic E-state index is -0.604. The van der Waals surface area contributed by atoms with Gasteiger partial charge < -0.3 is 19.1 Å². The van der Waals surface area contributed by atoms with Gasteiger partial charge in [-0.25, -0.2) is 4.79 Å². The van der Waals surface area contributed by atoms with Gasteiger partial charge in [-0.15, -0.1) is 0 Å². The summed E-state index contributed by atoms with van der Waals surface area (Å²) in [6.07, 6.45) is 9.12. The lowest BCUT2D eigenvalue weighted by atomic mass is 10.0. The average Bonchev–Trinajstić information content (AvgIpc) is 2.80. The predicted octanol–water partition coefficient (Wildman–Crippen LogP) is 5.88. The topological polar surface area (TPSA) is 65.1 Å². The summed E-state index contributed by atoms with van der Waals surface area (Å²) in [6, 6.07) is 9.63. The minimum absolute atomic E-state index is 0.0794. The van der Waals surface area contributed by atoms with Gasteiger partial charge >= 0.3 is 12.1 Å².